The topological polar surface area (TPSA) is 75.6 Å². The number of amides is 1. The van der Waals surface area contributed by atoms with Crippen molar-refractivity contribution in [2.24, 2.45) is 5.92 Å². The van der Waals surface area contributed by atoms with Crippen molar-refractivity contribution >= 4 is 27.8 Å². The van der Waals surface area contributed by atoms with E-state index in [0.717, 1.165) is 12.8 Å². The molecule has 5 nitrogen and oxygen atoms in total. The summed E-state index contributed by atoms with van der Waals surface area (Å²) in [5, 5.41) is 12.0. The first-order valence-electron chi connectivity index (χ1n) is 6.28. The van der Waals surface area contributed by atoms with Crippen LogP contribution < -0.4 is 10.1 Å². The number of halogens is 1. The van der Waals surface area contributed by atoms with Crippen molar-refractivity contribution in [2.75, 3.05) is 7.11 Å². The molecule has 1 aliphatic carbocycles. The van der Waals surface area contributed by atoms with Gasteiger partial charge in [0.15, 0.2) is 0 Å². The molecular weight excluding hydrogens is 326 g/mol. The zero-order chi connectivity index (χ0) is 14.9. The Labute approximate surface area is 125 Å². The fourth-order valence-corrected chi connectivity index (χ4v) is 2.53. The van der Waals surface area contributed by atoms with Crippen LogP contribution in [0.4, 0.5) is 0 Å². The van der Waals surface area contributed by atoms with E-state index in [4.69, 9.17) is 4.74 Å². The SMILES string of the molecule is COc1ccc(Br)c(C(=O)N[C@@](C)(C(=O)O)C2CC2)c1. The van der Waals surface area contributed by atoms with Gasteiger partial charge >= 0.3 is 5.97 Å². The Hall–Kier alpha value is -1.56. The molecule has 1 saturated carbocycles. The highest BCUT2D eigenvalue weighted by atomic mass is 79.9. The Kier molecular flexibility index (Phi) is 4.04. The molecule has 0 saturated heterocycles. The van der Waals surface area contributed by atoms with Crippen molar-refractivity contribution in [3.05, 3.63) is 28.2 Å². The number of carbonyl (C=O) groups is 2. The molecule has 1 aromatic rings. The second-order valence-electron chi connectivity index (χ2n) is 5.08. The number of carbonyl (C=O) groups excluding carboxylic acids is 1. The summed E-state index contributed by atoms with van der Waals surface area (Å²) in [5.41, 5.74) is -0.864. The van der Waals surface area contributed by atoms with Gasteiger partial charge < -0.3 is 15.2 Å². The van der Waals surface area contributed by atoms with Gasteiger partial charge in [0.2, 0.25) is 0 Å². The molecule has 0 spiro atoms. The van der Waals surface area contributed by atoms with Crippen LogP contribution in [0.3, 0.4) is 0 Å². The molecule has 1 aliphatic rings. The van der Waals surface area contributed by atoms with Crippen molar-refractivity contribution in [1.82, 2.24) is 5.32 Å². The molecule has 2 rings (SSSR count). The van der Waals surface area contributed by atoms with Gasteiger partial charge in [0.25, 0.3) is 5.91 Å². The molecule has 0 aromatic heterocycles. The molecule has 0 aliphatic heterocycles. The van der Waals surface area contributed by atoms with Gasteiger partial charge in [-0.1, -0.05) is 0 Å². The van der Waals surface area contributed by atoms with E-state index in [-0.39, 0.29) is 5.92 Å². The van der Waals surface area contributed by atoms with Crippen LogP contribution >= 0.6 is 15.9 Å². The van der Waals surface area contributed by atoms with Crippen molar-refractivity contribution in [3.63, 3.8) is 0 Å². The monoisotopic (exact) mass is 341 g/mol. The number of methoxy groups -OCH3 is 1. The van der Waals surface area contributed by atoms with Crippen LogP contribution in [0.25, 0.3) is 0 Å². The molecule has 6 heteroatoms. The van der Waals surface area contributed by atoms with Crippen molar-refractivity contribution < 1.29 is 19.4 Å². The van der Waals surface area contributed by atoms with Crippen molar-refractivity contribution in [3.8, 4) is 5.75 Å². The maximum atomic E-state index is 12.3. The van der Waals surface area contributed by atoms with E-state index in [1.54, 1.807) is 25.1 Å². The van der Waals surface area contributed by atoms with Crippen molar-refractivity contribution in [1.29, 1.82) is 0 Å². The van der Waals surface area contributed by atoms with Crippen LogP contribution in [-0.4, -0.2) is 29.6 Å². The third-order valence-electron chi connectivity index (χ3n) is 3.63. The summed E-state index contributed by atoms with van der Waals surface area (Å²) < 4.78 is 5.68. The molecule has 0 unspecified atom stereocenters. The highest BCUT2D eigenvalue weighted by molar-refractivity contribution is 9.10. The van der Waals surface area contributed by atoms with Crippen molar-refractivity contribution in [2.45, 2.75) is 25.3 Å². The average Bonchev–Trinajstić information content (AvgIpc) is 3.23. The summed E-state index contributed by atoms with van der Waals surface area (Å²) in [6.45, 7) is 1.55. The number of ether oxygens (including phenoxy) is 1. The summed E-state index contributed by atoms with van der Waals surface area (Å²) in [5.74, 6) is -0.893. The Balaban J connectivity index is 2.25. The first-order chi connectivity index (χ1) is 9.38. The zero-order valence-electron chi connectivity index (χ0n) is 11.3. The largest absolute Gasteiger partial charge is 0.497 e. The van der Waals surface area contributed by atoms with Gasteiger partial charge in [-0.3, -0.25) is 4.79 Å². The number of aliphatic carboxylic acids is 1. The maximum Gasteiger partial charge on any atom is 0.329 e. The molecule has 1 aromatic carbocycles. The first kappa shape index (κ1) is 14.8. The summed E-state index contributed by atoms with van der Waals surface area (Å²) in [7, 11) is 1.51. The van der Waals surface area contributed by atoms with Gasteiger partial charge in [-0.15, -0.1) is 0 Å². The smallest absolute Gasteiger partial charge is 0.329 e. The molecule has 0 bridgehead atoms. The minimum absolute atomic E-state index is 0.00617. The Morgan fingerprint density at radius 1 is 1.45 bits per heavy atom. The second kappa shape index (κ2) is 5.44. The third kappa shape index (κ3) is 2.80. The summed E-state index contributed by atoms with van der Waals surface area (Å²) in [6.07, 6.45) is 1.64. The number of rotatable bonds is 5. The molecule has 1 amide bonds. The van der Waals surface area contributed by atoms with Crippen LogP contribution in [-0.2, 0) is 4.79 Å². The molecule has 2 N–H and O–H groups in total. The zero-order valence-corrected chi connectivity index (χ0v) is 12.9. The lowest BCUT2D eigenvalue weighted by atomic mass is 9.95. The number of nitrogens with one attached hydrogen (secondary N) is 1. The number of carboxylic acids is 1. The normalized spacial score (nSPS) is 17.1. The van der Waals surface area contributed by atoms with Crippen LogP contribution in [0.5, 0.6) is 5.75 Å². The molecule has 0 radical (unpaired) electrons. The Morgan fingerprint density at radius 2 is 2.10 bits per heavy atom. The predicted molar refractivity (Wildman–Crippen MR) is 76.9 cm³/mol. The highest BCUT2D eigenvalue weighted by Crippen LogP contribution is 2.40. The van der Waals surface area contributed by atoms with Gasteiger partial charge in [0, 0.05) is 4.47 Å². The number of benzene rings is 1. The standard InChI is InChI=1S/C14H16BrNO4/c1-14(13(18)19,8-3-4-8)16-12(17)10-7-9(20-2)5-6-11(10)15/h5-8H,3-4H2,1-2H3,(H,16,17)(H,18,19)/t14-/m1/s1. The van der Waals surface area contributed by atoms with E-state index in [1.165, 1.54) is 7.11 Å². The molecule has 20 heavy (non-hydrogen) atoms. The van der Waals surface area contributed by atoms with E-state index in [2.05, 4.69) is 21.2 Å². The van der Waals surface area contributed by atoms with E-state index in [9.17, 15) is 14.7 Å². The van der Waals surface area contributed by atoms with Gasteiger partial charge in [-0.2, -0.15) is 0 Å². The van der Waals surface area contributed by atoms with E-state index in [1.807, 2.05) is 0 Å². The summed E-state index contributed by atoms with van der Waals surface area (Å²) >= 11 is 3.29. The molecule has 0 heterocycles. The highest BCUT2D eigenvalue weighted by Gasteiger charge is 2.48. The van der Waals surface area contributed by atoms with Crippen LogP contribution in [0.1, 0.15) is 30.1 Å². The third-order valence-corrected chi connectivity index (χ3v) is 4.32. The molecule has 1 fully saturated rings. The lowest BCUT2D eigenvalue weighted by Crippen LogP contribution is -2.54. The van der Waals surface area contributed by atoms with Gasteiger partial charge in [-0.05, 0) is 59.8 Å². The molecule has 108 valence electrons. The fraction of sp³-hybridized carbons (Fsp3) is 0.429. The maximum absolute atomic E-state index is 12.3. The van der Waals surface area contributed by atoms with Crippen LogP contribution in [0.2, 0.25) is 0 Å². The summed E-state index contributed by atoms with van der Waals surface area (Å²) in [4.78, 5) is 23.8. The quantitative estimate of drug-likeness (QED) is 0.862. The van der Waals surface area contributed by atoms with E-state index >= 15 is 0 Å². The van der Waals surface area contributed by atoms with Gasteiger partial charge in [0.05, 0.1) is 12.7 Å². The second-order valence-corrected chi connectivity index (χ2v) is 5.94. The minimum atomic E-state index is -1.22. The number of carboxylic acid groups (broad SMARTS) is 1. The fourth-order valence-electron chi connectivity index (χ4n) is 2.10. The Morgan fingerprint density at radius 3 is 2.60 bits per heavy atom. The number of hydrogen-bond acceptors (Lipinski definition) is 3. The van der Waals surface area contributed by atoms with E-state index < -0.39 is 17.4 Å². The molecular formula is C14H16BrNO4. The predicted octanol–water partition coefficient (Wildman–Crippen LogP) is 2.44. The summed E-state index contributed by atoms with van der Waals surface area (Å²) in [6, 6.07) is 5.00. The average molecular weight is 342 g/mol. The van der Waals surface area contributed by atoms with Gasteiger partial charge in [0.1, 0.15) is 11.3 Å². The Bertz CT molecular complexity index is 556. The lowest BCUT2D eigenvalue weighted by molar-refractivity contribution is -0.144. The van der Waals surface area contributed by atoms with Crippen LogP contribution in [0.15, 0.2) is 22.7 Å². The van der Waals surface area contributed by atoms with Crippen LogP contribution in [0, 0.1) is 5.92 Å². The minimum Gasteiger partial charge on any atom is -0.497 e. The lowest BCUT2D eigenvalue weighted by Gasteiger charge is -2.26. The molecule has 1 atom stereocenters. The first-order valence-corrected chi connectivity index (χ1v) is 7.07. The number of hydrogen-bond donors (Lipinski definition) is 2. The van der Waals surface area contributed by atoms with E-state index in [0.29, 0.717) is 15.8 Å². The van der Waals surface area contributed by atoms with Gasteiger partial charge in [-0.25, -0.2) is 4.79 Å².